The molecule has 1 amide bonds. The molecule has 1 rings (SSSR count). The van der Waals surface area contributed by atoms with E-state index in [0.29, 0.717) is 5.69 Å². The normalized spacial score (nSPS) is 13.3. The van der Waals surface area contributed by atoms with Crippen LogP contribution in [0.1, 0.15) is 34.6 Å². The van der Waals surface area contributed by atoms with Gasteiger partial charge in [0.15, 0.2) is 0 Å². The minimum absolute atomic E-state index is 0. The Morgan fingerprint density at radius 2 is 1.61 bits per heavy atom. The Morgan fingerprint density at radius 3 is 2.00 bits per heavy atom. The van der Waals surface area contributed by atoms with Crippen molar-refractivity contribution in [2.45, 2.75) is 51.6 Å². The first-order valence-electron chi connectivity index (χ1n) is 7.12. The standard InChI is InChI=1S/C15H25N3O3S.ClH/c1-10(2)18-22(20,21)12-8-6-11(7-9-12)17-14(19)13(16)15(3,4)5;/h6-10,13,18H,16H2,1-5H3,(H,17,19);1H/t13-;/m1./s1. The predicted octanol–water partition coefficient (Wildman–Crippen LogP) is 2.11. The highest BCUT2D eigenvalue weighted by molar-refractivity contribution is 7.89. The Morgan fingerprint density at radius 1 is 1.13 bits per heavy atom. The molecule has 6 nitrogen and oxygen atoms in total. The van der Waals surface area contributed by atoms with E-state index in [9.17, 15) is 13.2 Å². The van der Waals surface area contributed by atoms with Crippen molar-refractivity contribution < 1.29 is 13.2 Å². The second-order valence-electron chi connectivity index (χ2n) is 6.63. The molecule has 8 heteroatoms. The number of anilines is 1. The van der Waals surface area contributed by atoms with Gasteiger partial charge in [-0.05, 0) is 43.5 Å². The molecule has 132 valence electrons. The Balaban J connectivity index is 0.00000484. The van der Waals surface area contributed by atoms with E-state index in [1.807, 2.05) is 20.8 Å². The highest BCUT2D eigenvalue weighted by Crippen LogP contribution is 2.20. The van der Waals surface area contributed by atoms with Crippen LogP contribution >= 0.6 is 12.4 Å². The summed E-state index contributed by atoms with van der Waals surface area (Å²) in [6.45, 7) is 9.14. The van der Waals surface area contributed by atoms with E-state index in [1.165, 1.54) is 12.1 Å². The van der Waals surface area contributed by atoms with Crippen LogP contribution in [0, 0.1) is 5.41 Å². The van der Waals surface area contributed by atoms with E-state index in [2.05, 4.69) is 10.0 Å². The summed E-state index contributed by atoms with van der Waals surface area (Å²) >= 11 is 0. The average molecular weight is 364 g/mol. The third-order valence-electron chi connectivity index (χ3n) is 3.04. The summed E-state index contributed by atoms with van der Waals surface area (Å²) < 4.78 is 26.5. The number of nitrogens with two attached hydrogens (primary N) is 1. The van der Waals surface area contributed by atoms with Crippen molar-refractivity contribution in [2.75, 3.05) is 5.32 Å². The van der Waals surface area contributed by atoms with Crippen molar-refractivity contribution >= 4 is 34.0 Å². The van der Waals surface area contributed by atoms with Gasteiger partial charge in [-0.25, -0.2) is 13.1 Å². The molecule has 0 fully saturated rings. The topological polar surface area (TPSA) is 101 Å². The SMILES string of the molecule is CC(C)NS(=O)(=O)c1ccc(NC(=O)[C@@H](N)C(C)(C)C)cc1.Cl. The average Bonchev–Trinajstić information content (AvgIpc) is 2.35. The van der Waals surface area contributed by atoms with Gasteiger partial charge in [0.05, 0.1) is 10.9 Å². The summed E-state index contributed by atoms with van der Waals surface area (Å²) in [5.74, 6) is -0.302. The van der Waals surface area contributed by atoms with E-state index < -0.39 is 16.1 Å². The quantitative estimate of drug-likeness (QED) is 0.745. The van der Waals surface area contributed by atoms with E-state index in [4.69, 9.17) is 5.73 Å². The summed E-state index contributed by atoms with van der Waals surface area (Å²) in [4.78, 5) is 12.2. The lowest BCUT2D eigenvalue weighted by atomic mass is 9.87. The molecule has 0 aromatic heterocycles. The summed E-state index contributed by atoms with van der Waals surface area (Å²) in [7, 11) is -3.53. The summed E-state index contributed by atoms with van der Waals surface area (Å²) in [6, 6.07) is 5.14. The van der Waals surface area contributed by atoms with Gasteiger partial charge >= 0.3 is 0 Å². The molecule has 0 saturated heterocycles. The minimum atomic E-state index is -3.53. The van der Waals surface area contributed by atoms with Crippen molar-refractivity contribution in [3.63, 3.8) is 0 Å². The monoisotopic (exact) mass is 363 g/mol. The number of halogens is 1. The van der Waals surface area contributed by atoms with Crippen LogP contribution in [0.3, 0.4) is 0 Å². The number of nitrogens with one attached hydrogen (secondary N) is 2. The second kappa shape index (κ2) is 8.10. The van der Waals surface area contributed by atoms with Crippen LogP contribution < -0.4 is 15.8 Å². The maximum atomic E-state index is 12.0. The molecular weight excluding hydrogens is 338 g/mol. The fourth-order valence-corrected chi connectivity index (χ4v) is 2.96. The Kier molecular flexibility index (Phi) is 7.69. The fourth-order valence-electron chi connectivity index (χ4n) is 1.71. The Hall–Kier alpha value is -1.15. The number of hydrogen-bond acceptors (Lipinski definition) is 4. The van der Waals surface area contributed by atoms with Crippen molar-refractivity contribution in [1.29, 1.82) is 0 Å². The number of sulfonamides is 1. The molecule has 0 spiro atoms. The molecule has 0 heterocycles. The van der Waals surface area contributed by atoms with E-state index in [0.717, 1.165) is 0 Å². The summed E-state index contributed by atoms with van der Waals surface area (Å²) in [5.41, 5.74) is 6.03. The summed E-state index contributed by atoms with van der Waals surface area (Å²) in [5, 5.41) is 2.69. The smallest absolute Gasteiger partial charge is 0.241 e. The van der Waals surface area contributed by atoms with Crippen LogP contribution in [0.15, 0.2) is 29.2 Å². The molecule has 0 radical (unpaired) electrons. The van der Waals surface area contributed by atoms with Crippen LogP contribution in [0.2, 0.25) is 0 Å². The van der Waals surface area contributed by atoms with Gasteiger partial charge in [0.1, 0.15) is 0 Å². The van der Waals surface area contributed by atoms with Gasteiger partial charge in [-0.1, -0.05) is 20.8 Å². The number of carbonyl (C=O) groups excluding carboxylic acids is 1. The van der Waals surface area contributed by atoms with Crippen molar-refractivity contribution in [3.8, 4) is 0 Å². The van der Waals surface area contributed by atoms with Gasteiger partial charge in [-0.2, -0.15) is 0 Å². The molecule has 0 saturated carbocycles. The molecule has 0 unspecified atom stereocenters. The lowest BCUT2D eigenvalue weighted by Crippen LogP contribution is -2.45. The summed E-state index contributed by atoms with van der Waals surface area (Å²) in [6.07, 6.45) is 0. The third kappa shape index (κ3) is 6.47. The minimum Gasteiger partial charge on any atom is -0.325 e. The molecule has 0 aliphatic heterocycles. The largest absolute Gasteiger partial charge is 0.325 e. The molecule has 1 aromatic rings. The highest BCUT2D eigenvalue weighted by atomic mass is 35.5. The van der Waals surface area contributed by atoms with E-state index in [-0.39, 0.29) is 34.7 Å². The van der Waals surface area contributed by atoms with E-state index in [1.54, 1.807) is 26.0 Å². The molecule has 1 aromatic carbocycles. The van der Waals surface area contributed by atoms with Crippen LogP contribution in [0.5, 0.6) is 0 Å². The first kappa shape index (κ1) is 21.9. The Bertz CT molecular complexity index is 622. The van der Waals surface area contributed by atoms with Crippen LogP contribution in [0.25, 0.3) is 0 Å². The van der Waals surface area contributed by atoms with Gasteiger partial charge in [0.2, 0.25) is 15.9 Å². The zero-order valence-corrected chi connectivity index (χ0v) is 15.7. The third-order valence-corrected chi connectivity index (χ3v) is 4.71. The zero-order chi connectivity index (χ0) is 17.1. The van der Waals surface area contributed by atoms with Gasteiger partial charge in [0.25, 0.3) is 0 Å². The van der Waals surface area contributed by atoms with Crippen LogP contribution in [-0.4, -0.2) is 26.4 Å². The van der Waals surface area contributed by atoms with Gasteiger partial charge < -0.3 is 11.1 Å². The predicted molar refractivity (Wildman–Crippen MR) is 95.2 cm³/mol. The number of hydrogen-bond donors (Lipinski definition) is 3. The lowest BCUT2D eigenvalue weighted by Gasteiger charge is -2.25. The van der Waals surface area contributed by atoms with Gasteiger partial charge in [-0.15, -0.1) is 12.4 Å². The van der Waals surface area contributed by atoms with Crippen LogP contribution in [-0.2, 0) is 14.8 Å². The zero-order valence-electron chi connectivity index (χ0n) is 14.1. The molecule has 4 N–H and O–H groups in total. The Labute approximate surface area is 144 Å². The first-order chi connectivity index (χ1) is 9.93. The number of rotatable bonds is 5. The van der Waals surface area contributed by atoms with E-state index >= 15 is 0 Å². The lowest BCUT2D eigenvalue weighted by molar-refractivity contribution is -0.119. The molecule has 1 atom stereocenters. The van der Waals surface area contributed by atoms with Crippen molar-refractivity contribution in [2.24, 2.45) is 11.1 Å². The number of benzene rings is 1. The number of carbonyl (C=O) groups is 1. The molecular formula is C15H26ClN3O3S. The van der Waals surface area contributed by atoms with Gasteiger partial charge in [-0.3, -0.25) is 4.79 Å². The maximum Gasteiger partial charge on any atom is 0.241 e. The van der Waals surface area contributed by atoms with Crippen LogP contribution in [0.4, 0.5) is 5.69 Å². The van der Waals surface area contributed by atoms with Crippen molar-refractivity contribution in [3.05, 3.63) is 24.3 Å². The molecule has 0 aliphatic rings. The molecule has 23 heavy (non-hydrogen) atoms. The van der Waals surface area contributed by atoms with Gasteiger partial charge in [0, 0.05) is 11.7 Å². The highest BCUT2D eigenvalue weighted by Gasteiger charge is 2.27. The second-order valence-corrected chi connectivity index (χ2v) is 8.35. The number of amides is 1. The molecule has 0 bridgehead atoms. The molecule has 0 aliphatic carbocycles. The fraction of sp³-hybridized carbons (Fsp3) is 0.533. The first-order valence-corrected chi connectivity index (χ1v) is 8.60. The maximum absolute atomic E-state index is 12.0. The van der Waals surface area contributed by atoms with Crippen molar-refractivity contribution in [1.82, 2.24) is 4.72 Å².